The summed E-state index contributed by atoms with van der Waals surface area (Å²) in [5, 5.41) is 1.72. The molecule has 1 heteroatoms. The highest BCUT2D eigenvalue weighted by Crippen LogP contribution is 2.45. The van der Waals surface area contributed by atoms with E-state index in [1.807, 2.05) is 0 Å². The van der Waals surface area contributed by atoms with E-state index in [2.05, 4.69) is 54.6 Å². The Morgan fingerprint density at radius 3 is 2.40 bits per heavy atom. The molecule has 2 aliphatic rings. The lowest BCUT2D eigenvalue weighted by molar-refractivity contribution is 0.590. The van der Waals surface area contributed by atoms with Crippen molar-refractivity contribution >= 4 is 13.3 Å². The quantitative estimate of drug-likeness (QED) is 0.685. The number of hydrogen-bond donors (Lipinski definition) is 0. The van der Waals surface area contributed by atoms with Crippen LogP contribution in [-0.4, -0.2) is 8.07 Å². The number of hydrogen-bond acceptors (Lipinski definition) is 0. The first-order valence-corrected chi connectivity index (χ1v) is 10.5. The van der Waals surface area contributed by atoms with Crippen LogP contribution in [0.5, 0.6) is 0 Å². The zero-order valence-corrected chi connectivity index (χ0v) is 13.0. The molecule has 2 aromatic carbocycles. The van der Waals surface area contributed by atoms with Crippen LogP contribution in [0.2, 0.25) is 11.6 Å². The van der Waals surface area contributed by atoms with Crippen molar-refractivity contribution in [2.75, 3.05) is 0 Å². The van der Waals surface area contributed by atoms with Gasteiger partial charge in [-0.25, -0.2) is 0 Å². The molecule has 2 atom stereocenters. The molecule has 2 aromatic rings. The molecule has 0 nitrogen and oxygen atoms in total. The van der Waals surface area contributed by atoms with Crippen LogP contribution in [0.1, 0.15) is 30.4 Å². The van der Waals surface area contributed by atoms with E-state index in [0.29, 0.717) is 0 Å². The standard InChI is InChI=1S/C19H22Si/c1-2-10-18(11-3-1)20-13-7-6-12-19(20)14-16-8-4-5-9-17(16)15-20/h1-5,8-11,19H,6-7,12-15H2/t19-,20+/m1/s1. The smallest absolute Gasteiger partial charge is 0.0630 e. The molecule has 0 saturated carbocycles. The largest absolute Gasteiger partial charge is 0.0943 e. The Morgan fingerprint density at radius 2 is 1.55 bits per heavy atom. The molecular weight excluding hydrogens is 256 g/mol. The van der Waals surface area contributed by atoms with E-state index >= 15 is 0 Å². The van der Waals surface area contributed by atoms with Crippen molar-refractivity contribution in [1.29, 1.82) is 0 Å². The van der Waals surface area contributed by atoms with Crippen molar-refractivity contribution in [3.8, 4) is 0 Å². The molecule has 0 bridgehead atoms. The molecule has 20 heavy (non-hydrogen) atoms. The third-order valence-corrected chi connectivity index (χ3v) is 11.4. The van der Waals surface area contributed by atoms with Gasteiger partial charge in [-0.3, -0.25) is 0 Å². The molecule has 0 spiro atoms. The van der Waals surface area contributed by atoms with E-state index in [0.717, 1.165) is 5.54 Å². The molecule has 1 saturated heterocycles. The van der Waals surface area contributed by atoms with Crippen molar-refractivity contribution in [3.63, 3.8) is 0 Å². The lowest BCUT2D eigenvalue weighted by Gasteiger charge is -2.47. The van der Waals surface area contributed by atoms with Crippen molar-refractivity contribution in [1.82, 2.24) is 0 Å². The zero-order valence-electron chi connectivity index (χ0n) is 12.0. The fourth-order valence-corrected chi connectivity index (χ4v) is 10.6. The molecule has 2 aliphatic heterocycles. The molecule has 0 N–H and O–H groups in total. The molecular formula is C19H22Si. The Labute approximate surface area is 122 Å². The van der Waals surface area contributed by atoms with Gasteiger partial charge in [0.15, 0.2) is 0 Å². The Morgan fingerprint density at radius 1 is 0.800 bits per heavy atom. The summed E-state index contributed by atoms with van der Waals surface area (Å²) in [7, 11) is -1.33. The Balaban J connectivity index is 1.83. The number of benzene rings is 2. The minimum atomic E-state index is -1.33. The lowest BCUT2D eigenvalue weighted by Crippen LogP contribution is -2.57. The van der Waals surface area contributed by atoms with Gasteiger partial charge in [-0.05, 0) is 29.1 Å². The summed E-state index contributed by atoms with van der Waals surface area (Å²) >= 11 is 0. The first-order chi connectivity index (χ1) is 9.88. The molecule has 102 valence electrons. The molecule has 0 aromatic heterocycles. The Bertz CT molecular complexity index is 604. The summed E-state index contributed by atoms with van der Waals surface area (Å²) in [6, 6.07) is 23.6. The second-order valence-corrected chi connectivity index (χ2v) is 11.2. The molecule has 4 rings (SSSR count). The number of fused-ring (bicyclic) bond motifs is 2. The maximum absolute atomic E-state index is 2.43. The summed E-state index contributed by atoms with van der Waals surface area (Å²) in [6.07, 6.45) is 5.72. The average molecular weight is 278 g/mol. The van der Waals surface area contributed by atoms with Crippen LogP contribution in [0, 0.1) is 0 Å². The predicted molar refractivity (Wildman–Crippen MR) is 88.1 cm³/mol. The van der Waals surface area contributed by atoms with E-state index in [9.17, 15) is 0 Å². The van der Waals surface area contributed by atoms with Gasteiger partial charge >= 0.3 is 0 Å². The third kappa shape index (κ3) is 1.88. The third-order valence-electron chi connectivity index (χ3n) is 5.65. The molecule has 2 heterocycles. The van der Waals surface area contributed by atoms with Crippen LogP contribution in [0.3, 0.4) is 0 Å². The van der Waals surface area contributed by atoms with Gasteiger partial charge in [0.25, 0.3) is 0 Å². The first-order valence-electron chi connectivity index (χ1n) is 8.01. The summed E-state index contributed by atoms with van der Waals surface area (Å²) in [5.41, 5.74) is 4.27. The minimum Gasteiger partial charge on any atom is -0.0630 e. The van der Waals surface area contributed by atoms with Crippen LogP contribution < -0.4 is 5.19 Å². The highest BCUT2D eigenvalue weighted by Gasteiger charge is 2.46. The van der Waals surface area contributed by atoms with Crippen molar-refractivity contribution < 1.29 is 0 Å². The van der Waals surface area contributed by atoms with Crippen LogP contribution in [0.25, 0.3) is 0 Å². The SMILES string of the molecule is c1ccc([Si@@]23CCCC[C@@H]2Cc2ccccc2C3)cc1. The van der Waals surface area contributed by atoms with Crippen molar-refractivity contribution in [2.24, 2.45) is 0 Å². The van der Waals surface area contributed by atoms with Gasteiger partial charge in [-0.1, -0.05) is 85.1 Å². The average Bonchev–Trinajstić information content (AvgIpc) is 2.53. The Kier molecular flexibility index (Phi) is 3.03. The first kappa shape index (κ1) is 12.4. The van der Waals surface area contributed by atoms with E-state index < -0.39 is 8.07 Å². The predicted octanol–water partition coefficient (Wildman–Crippen LogP) is 4.23. The van der Waals surface area contributed by atoms with Crippen molar-refractivity contribution in [2.45, 2.75) is 43.3 Å². The summed E-state index contributed by atoms with van der Waals surface area (Å²) < 4.78 is 0. The second kappa shape index (κ2) is 4.89. The topological polar surface area (TPSA) is 0 Å². The maximum Gasteiger partial charge on any atom is 0.0943 e. The van der Waals surface area contributed by atoms with E-state index in [4.69, 9.17) is 0 Å². The zero-order chi connectivity index (χ0) is 13.4. The van der Waals surface area contributed by atoms with Gasteiger partial charge in [0.05, 0.1) is 8.07 Å². The summed E-state index contributed by atoms with van der Waals surface area (Å²) in [6.45, 7) is 0. The minimum absolute atomic E-state index is 0.980. The monoisotopic (exact) mass is 278 g/mol. The summed E-state index contributed by atoms with van der Waals surface area (Å²) in [5.74, 6) is 0. The normalized spacial score (nSPS) is 28.5. The summed E-state index contributed by atoms with van der Waals surface area (Å²) in [4.78, 5) is 0. The molecule has 0 radical (unpaired) electrons. The fourth-order valence-electron chi connectivity index (χ4n) is 4.63. The van der Waals surface area contributed by atoms with E-state index in [1.165, 1.54) is 37.8 Å². The molecule has 1 fully saturated rings. The molecule has 0 amide bonds. The second-order valence-electron chi connectivity index (χ2n) is 6.61. The van der Waals surface area contributed by atoms with Crippen LogP contribution in [0.4, 0.5) is 0 Å². The van der Waals surface area contributed by atoms with E-state index in [-0.39, 0.29) is 0 Å². The maximum atomic E-state index is 2.43. The van der Waals surface area contributed by atoms with Gasteiger partial charge in [0, 0.05) is 0 Å². The Hall–Kier alpha value is -1.34. The van der Waals surface area contributed by atoms with Crippen molar-refractivity contribution in [3.05, 3.63) is 65.7 Å². The van der Waals surface area contributed by atoms with Crippen LogP contribution in [-0.2, 0) is 12.5 Å². The van der Waals surface area contributed by atoms with Crippen LogP contribution in [0.15, 0.2) is 54.6 Å². The highest BCUT2D eigenvalue weighted by atomic mass is 28.3. The molecule has 0 unspecified atom stereocenters. The van der Waals surface area contributed by atoms with Gasteiger partial charge in [0.2, 0.25) is 0 Å². The van der Waals surface area contributed by atoms with E-state index in [1.54, 1.807) is 16.3 Å². The van der Waals surface area contributed by atoms with Gasteiger partial charge in [-0.15, -0.1) is 0 Å². The number of rotatable bonds is 1. The fraction of sp³-hybridized carbons (Fsp3) is 0.368. The van der Waals surface area contributed by atoms with Crippen LogP contribution >= 0.6 is 0 Å². The van der Waals surface area contributed by atoms with Gasteiger partial charge < -0.3 is 0 Å². The lowest BCUT2D eigenvalue weighted by atomic mass is 10.00. The molecule has 0 aliphatic carbocycles. The van der Waals surface area contributed by atoms with Gasteiger partial charge in [0.1, 0.15) is 0 Å². The highest BCUT2D eigenvalue weighted by molar-refractivity contribution is 6.93. The van der Waals surface area contributed by atoms with Gasteiger partial charge in [-0.2, -0.15) is 0 Å².